The maximum atomic E-state index is 11.9. The molecule has 6 heteroatoms. The summed E-state index contributed by atoms with van der Waals surface area (Å²) in [6.45, 7) is 0. The summed E-state index contributed by atoms with van der Waals surface area (Å²) in [7, 11) is 0. The van der Waals surface area contributed by atoms with Crippen LogP contribution in [-0.4, -0.2) is 21.1 Å². The second-order valence-corrected chi connectivity index (χ2v) is 5.98. The molecule has 5 nitrogen and oxygen atoms in total. The maximum Gasteiger partial charge on any atom is 0.232 e. The Hall–Kier alpha value is -1.82. The van der Waals surface area contributed by atoms with Gasteiger partial charge in [-0.3, -0.25) is 9.78 Å². The van der Waals surface area contributed by atoms with E-state index in [1.165, 1.54) is 37.0 Å². The normalized spacial score (nSPS) is 15.4. The minimum atomic E-state index is -0.0992. The summed E-state index contributed by atoms with van der Waals surface area (Å²) >= 11 is 1.49. The molecular formula is C14H16N4OS. The summed E-state index contributed by atoms with van der Waals surface area (Å²) in [4.78, 5) is 16.0. The second-order valence-electron chi connectivity index (χ2n) is 4.97. The van der Waals surface area contributed by atoms with Gasteiger partial charge >= 0.3 is 0 Å². The molecule has 0 spiro atoms. The summed E-state index contributed by atoms with van der Waals surface area (Å²) in [6.07, 6.45) is 6.87. The van der Waals surface area contributed by atoms with E-state index in [0.29, 0.717) is 11.0 Å². The molecule has 2 aromatic rings. The Morgan fingerprint density at radius 3 is 2.90 bits per heavy atom. The summed E-state index contributed by atoms with van der Waals surface area (Å²) in [5.74, 6) is 0.437. The van der Waals surface area contributed by atoms with Crippen LogP contribution < -0.4 is 5.32 Å². The molecule has 0 aromatic carbocycles. The zero-order valence-corrected chi connectivity index (χ0v) is 11.9. The van der Waals surface area contributed by atoms with Gasteiger partial charge in [0, 0.05) is 17.8 Å². The lowest BCUT2D eigenvalue weighted by Crippen LogP contribution is -2.14. The molecule has 2 aromatic heterocycles. The number of nitrogens with zero attached hydrogens (tertiary/aromatic N) is 3. The van der Waals surface area contributed by atoms with Gasteiger partial charge in [0.25, 0.3) is 0 Å². The Bertz CT molecular complexity index is 578. The van der Waals surface area contributed by atoms with E-state index in [1.54, 1.807) is 6.20 Å². The highest BCUT2D eigenvalue weighted by molar-refractivity contribution is 7.15. The first kappa shape index (κ1) is 13.2. The first-order valence-electron chi connectivity index (χ1n) is 6.84. The average molecular weight is 288 g/mol. The van der Waals surface area contributed by atoms with Gasteiger partial charge in [-0.2, -0.15) is 0 Å². The van der Waals surface area contributed by atoms with E-state index in [0.717, 1.165) is 10.7 Å². The number of rotatable bonds is 4. The number of pyridine rings is 1. The van der Waals surface area contributed by atoms with E-state index in [9.17, 15) is 4.79 Å². The minimum absolute atomic E-state index is 0.0992. The number of carbonyl (C=O) groups excluding carboxylic acids is 1. The molecule has 0 aliphatic heterocycles. The molecule has 1 aliphatic carbocycles. The Labute approximate surface area is 121 Å². The smallest absolute Gasteiger partial charge is 0.232 e. The van der Waals surface area contributed by atoms with Crippen LogP contribution in [0.15, 0.2) is 24.4 Å². The van der Waals surface area contributed by atoms with Gasteiger partial charge in [0.2, 0.25) is 11.0 Å². The molecular weight excluding hydrogens is 272 g/mol. The Morgan fingerprint density at radius 1 is 1.30 bits per heavy atom. The van der Waals surface area contributed by atoms with Crippen LogP contribution in [0.1, 0.15) is 42.3 Å². The molecule has 1 saturated carbocycles. The monoisotopic (exact) mass is 288 g/mol. The predicted molar refractivity (Wildman–Crippen MR) is 77.7 cm³/mol. The number of carbonyl (C=O) groups is 1. The molecule has 1 aliphatic rings. The fourth-order valence-corrected chi connectivity index (χ4v) is 3.38. The summed E-state index contributed by atoms with van der Waals surface area (Å²) < 4.78 is 0. The molecule has 20 heavy (non-hydrogen) atoms. The minimum Gasteiger partial charge on any atom is -0.300 e. The van der Waals surface area contributed by atoms with Crippen LogP contribution in [0.4, 0.5) is 5.13 Å². The van der Waals surface area contributed by atoms with Crippen molar-refractivity contribution in [2.24, 2.45) is 0 Å². The largest absolute Gasteiger partial charge is 0.300 e. The van der Waals surface area contributed by atoms with Crippen molar-refractivity contribution in [2.75, 3.05) is 5.32 Å². The van der Waals surface area contributed by atoms with Crippen LogP contribution in [0.5, 0.6) is 0 Å². The Balaban J connectivity index is 1.59. The van der Waals surface area contributed by atoms with Crippen molar-refractivity contribution < 1.29 is 4.79 Å². The average Bonchev–Trinajstić information content (AvgIpc) is 3.10. The third-order valence-electron chi connectivity index (χ3n) is 3.46. The van der Waals surface area contributed by atoms with Crippen molar-refractivity contribution in [1.82, 2.24) is 15.2 Å². The summed E-state index contributed by atoms with van der Waals surface area (Å²) in [5.41, 5.74) is 0.755. The van der Waals surface area contributed by atoms with Crippen molar-refractivity contribution in [2.45, 2.75) is 38.0 Å². The number of aromatic nitrogens is 3. The second kappa shape index (κ2) is 6.09. The lowest BCUT2D eigenvalue weighted by atomic mass is 10.1. The van der Waals surface area contributed by atoms with E-state index in [4.69, 9.17) is 0 Å². The van der Waals surface area contributed by atoms with Crippen LogP contribution >= 0.6 is 11.3 Å². The van der Waals surface area contributed by atoms with Crippen LogP contribution in [-0.2, 0) is 11.2 Å². The summed E-state index contributed by atoms with van der Waals surface area (Å²) in [5, 5.41) is 12.7. The van der Waals surface area contributed by atoms with Gasteiger partial charge in [-0.15, -0.1) is 10.2 Å². The highest BCUT2D eigenvalue weighted by Crippen LogP contribution is 2.36. The van der Waals surface area contributed by atoms with Crippen molar-refractivity contribution in [3.05, 3.63) is 35.1 Å². The SMILES string of the molecule is O=C(Cc1ccccn1)Nc1nnc(C2CCCC2)s1. The van der Waals surface area contributed by atoms with Crippen molar-refractivity contribution in [3.63, 3.8) is 0 Å². The van der Waals surface area contributed by atoms with Gasteiger partial charge in [0.1, 0.15) is 5.01 Å². The third-order valence-corrected chi connectivity index (χ3v) is 4.46. The first-order chi connectivity index (χ1) is 9.81. The topological polar surface area (TPSA) is 67.8 Å². The predicted octanol–water partition coefficient (Wildman–Crippen LogP) is 2.77. The number of amides is 1. The van der Waals surface area contributed by atoms with Gasteiger partial charge in [0.05, 0.1) is 6.42 Å². The van der Waals surface area contributed by atoms with E-state index in [-0.39, 0.29) is 12.3 Å². The molecule has 2 heterocycles. The fourth-order valence-electron chi connectivity index (χ4n) is 2.45. The first-order valence-corrected chi connectivity index (χ1v) is 7.66. The third kappa shape index (κ3) is 3.19. The van der Waals surface area contributed by atoms with Crippen molar-refractivity contribution in [3.8, 4) is 0 Å². The molecule has 1 N–H and O–H groups in total. The van der Waals surface area contributed by atoms with Crippen LogP contribution in [0, 0.1) is 0 Å². The molecule has 0 radical (unpaired) electrons. The summed E-state index contributed by atoms with van der Waals surface area (Å²) in [6, 6.07) is 5.54. The molecule has 3 rings (SSSR count). The lowest BCUT2D eigenvalue weighted by Gasteiger charge is -2.01. The molecule has 0 bridgehead atoms. The van der Waals surface area contributed by atoms with E-state index in [1.807, 2.05) is 18.2 Å². The van der Waals surface area contributed by atoms with Crippen molar-refractivity contribution >= 4 is 22.4 Å². The van der Waals surface area contributed by atoms with E-state index >= 15 is 0 Å². The molecule has 1 amide bonds. The Morgan fingerprint density at radius 2 is 2.15 bits per heavy atom. The Kier molecular flexibility index (Phi) is 4.01. The molecule has 0 atom stereocenters. The number of anilines is 1. The fraction of sp³-hybridized carbons (Fsp3) is 0.429. The standard InChI is InChI=1S/C14H16N4OS/c19-12(9-11-7-3-4-8-15-11)16-14-18-17-13(20-14)10-5-1-2-6-10/h3-4,7-8,10H,1-2,5-6,9H2,(H,16,18,19). The van der Waals surface area contributed by atoms with Crippen LogP contribution in [0.2, 0.25) is 0 Å². The quantitative estimate of drug-likeness (QED) is 0.939. The lowest BCUT2D eigenvalue weighted by molar-refractivity contribution is -0.115. The molecule has 0 saturated heterocycles. The van der Waals surface area contributed by atoms with E-state index < -0.39 is 0 Å². The van der Waals surface area contributed by atoms with Crippen molar-refractivity contribution in [1.29, 1.82) is 0 Å². The molecule has 104 valence electrons. The van der Waals surface area contributed by atoms with Gasteiger partial charge < -0.3 is 5.32 Å². The maximum absolute atomic E-state index is 11.9. The molecule has 1 fully saturated rings. The van der Waals surface area contributed by atoms with Gasteiger partial charge in [-0.25, -0.2) is 0 Å². The number of hydrogen-bond donors (Lipinski definition) is 1. The molecule has 0 unspecified atom stereocenters. The van der Waals surface area contributed by atoms with E-state index in [2.05, 4.69) is 20.5 Å². The number of nitrogens with one attached hydrogen (secondary N) is 1. The van der Waals surface area contributed by atoms with Crippen LogP contribution in [0.25, 0.3) is 0 Å². The number of hydrogen-bond acceptors (Lipinski definition) is 5. The van der Waals surface area contributed by atoms with Gasteiger partial charge in [-0.05, 0) is 25.0 Å². The van der Waals surface area contributed by atoms with Gasteiger partial charge in [0.15, 0.2) is 0 Å². The highest BCUT2D eigenvalue weighted by atomic mass is 32.1. The van der Waals surface area contributed by atoms with Gasteiger partial charge in [-0.1, -0.05) is 30.2 Å². The van der Waals surface area contributed by atoms with Crippen LogP contribution in [0.3, 0.4) is 0 Å². The zero-order valence-electron chi connectivity index (χ0n) is 11.1. The zero-order chi connectivity index (χ0) is 13.8. The highest BCUT2D eigenvalue weighted by Gasteiger charge is 2.21.